The maximum atomic E-state index is 5.40. The van der Waals surface area contributed by atoms with E-state index in [-0.39, 0.29) is 6.17 Å². The van der Waals surface area contributed by atoms with Crippen molar-refractivity contribution in [1.29, 1.82) is 0 Å². The van der Waals surface area contributed by atoms with E-state index >= 15 is 0 Å². The molecule has 9 aromatic carbocycles. The van der Waals surface area contributed by atoms with Crippen LogP contribution in [0.4, 0.5) is 5.69 Å². The fraction of sp³-hybridized carbons (Fsp3) is 0.0185. The first-order valence-corrected chi connectivity index (χ1v) is 19.7. The average molecular weight is 741 g/mol. The highest BCUT2D eigenvalue weighted by molar-refractivity contribution is 6.18. The molecule has 58 heavy (non-hydrogen) atoms. The summed E-state index contributed by atoms with van der Waals surface area (Å²) < 4.78 is 0. The predicted octanol–water partition coefficient (Wildman–Crippen LogP) is 13.6. The Kier molecular flexibility index (Phi) is 8.18. The van der Waals surface area contributed by atoms with Crippen LogP contribution in [0.25, 0.3) is 77.3 Å². The minimum atomic E-state index is -0.304. The Morgan fingerprint density at radius 1 is 0.379 bits per heavy atom. The van der Waals surface area contributed by atoms with Gasteiger partial charge in [-0.3, -0.25) is 4.99 Å². The van der Waals surface area contributed by atoms with Gasteiger partial charge in [-0.15, -0.1) is 0 Å². The first kappa shape index (κ1) is 33.6. The van der Waals surface area contributed by atoms with Crippen LogP contribution in [-0.2, 0) is 0 Å². The number of aromatic nitrogens is 2. The second-order valence-electron chi connectivity index (χ2n) is 14.9. The Balaban J connectivity index is 0.962. The molecule has 0 saturated carbocycles. The molecule has 0 amide bonds. The van der Waals surface area contributed by atoms with Crippen molar-refractivity contribution in [2.24, 2.45) is 4.99 Å². The summed E-state index contributed by atoms with van der Waals surface area (Å²) in [6.45, 7) is 0. The van der Waals surface area contributed by atoms with Gasteiger partial charge in [0.2, 0.25) is 0 Å². The molecule has 10 aromatic rings. The Bertz CT molecular complexity index is 3210. The quantitative estimate of drug-likeness (QED) is 0.185. The maximum Gasteiger partial charge on any atom is 0.160 e. The molecular formula is C54H36N4. The van der Waals surface area contributed by atoms with Crippen molar-refractivity contribution in [2.75, 3.05) is 5.32 Å². The summed E-state index contributed by atoms with van der Waals surface area (Å²) in [6, 6.07) is 72.9. The molecule has 4 nitrogen and oxygen atoms in total. The van der Waals surface area contributed by atoms with E-state index in [1.165, 1.54) is 43.8 Å². The molecule has 0 bridgehead atoms. The summed E-state index contributed by atoms with van der Waals surface area (Å²) in [5.74, 6) is 0.680. The van der Waals surface area contributed by atoms with Gasteiger partial charge in [-0.05, 0) is 91.8 Å². The largest absolute Gasteiger partial charge is 0.360 e. The lowest BCUT2D eigenvalue weighted by atomic mass is 9.94. The third-order valence-electron chi connectivity index (χ3n) is 11.2. The molecule has 11 rings (SSSR count). The monoisotopic (exact) mass is 740 g/mol. The highest BCUT2D eigenvalue weighted by Gasteiger charge is 2.23. The lowest BCUT2D eigenvalue weighted by Gasteiger charge is -2.26. The van der Waals surface area contributed by atoms with E-state index in [2.05, 4.69) is 206 Å². The molecule has 0 spiro atoms. The third kappa shape index (κ3) is 6.18. The van der Waals surface area contributed by atoms with Gasteiger partial charge in [-0.1, -0.05) is 164 Å². The first-order valence-electron chi connectivity index (χ1n) is 19.7. The number of nitrogens with zero attached hydrogens (tertiary/aromatic N) is 3. The van der Waals surface area contributed by atoms with Crippen LogP contribution in [0.1, 0.15) is 22.9 Å². The van der Waals surface area contributed by atoms with E-state index in [9.17, 15) is 0 Å². The van der Waals surface area contributed by atoms with Gasteiger partial charge in [0.15, 0.2) is 5.82 Å². The Labute approximate surface area is 336 Å². The molecule has 1 N–H and O–H groups in total. The number of fused-ring (bicyclic) bond motifs is 4. The Morgan fingerprint density at radius 3 is 1.64 bits per heavy atom. The topological polar surface area (TPSA) is 50.2 Å². The van der Waals surface area contributed by atoms with Gasteiger partial charge in [0.1, 0.15) is 6.17 Å². The molecule has 0 saturated heterocycles. The normalized spacial score (nSPS) is 13.6. The van der Waals surface area contributed by atoms with E-state index in [1.807, 2.05) is 6.07 Å². The standard InChI is InChI=1S/C54H36N4/c1-3-12-35(13-4-1)37-22-24-41-32-43(28-26-39(41)30-37)51-47-18-7-9-20-49(47)55-53(57-51)45-16-11-17-46(34-45)54-56-50-21-10-8-19-48(50)52(58-54)44-29-27-40-31-38(23-25-42(40)33-44)36-14-5-2-6-15-36/h1-34,53,55H. The Hall–Kier alpha value is -7.69. The van der Waals surface area contributed by atoms with Crippen molar-refractivity contribution in [2.45, 2.75) is 6.17 Å². The number of benzene rings is 9. The third-order valence-corrected chi connectivity index (χ3v) is 11.2. The molecule has 0 aliphatic carbocycles. The molecule has 2 heterocycles. The fourth-order valence-corrected chi connectivity index (χ4v) is 8.26. The molecule has 1 atom stereocenters. The minimum Gasteiger partial charge on any atom is -0.360 e. The van der Waals surface area contributed by atoms with Crippen LogP contribution in [0.2, 0.25) is 0 Å². The van der Waals surface area contributed by atoms with Gasteiger partial charge in [-0.2, -0.15) is 0 Å². The number of anilines is 1. The molecule has 0 radical (unpaired) electrons. The summed E-state index contributed by atoms with van der Waals surface area (Å²) in [7, 11) is 0. The van der Waals surface area contributed by atoms with E-state index in [1.54, 1.807) is 0 Å². The van der Waals surface area contributed by atoms with Gasteiger partial charge in [0.05, 0.1) is 16.9 Å². The minimum absolute atomic E-state index is 0.304. The molecule has 1 unspecified atom stereocenters. The summed E-state index contributed by atoms with van der Waals surface area (Å²) in [4.78, 5) is 15.8. The molecule has 0 fully saturated rings. The van der Waals surface area contributed by atoms with Gasteiger partial charge in [-0.25, -0.2) is 9.97 Å². The second-order valence-corrected chi connectivity index (χ2v) is 14.9. The molecule has 1 aliphatic rings. The van der Waals surface area contributed by atoms with E-state index in [0.717, 1.165) is 55.8 Å². The number of nitrogens with one attached hydrogen (secondary N) is 1. The zero-order valence-electron chi connectivity index (χ0n) is 31.5. The lowest BCUT2D eigenvalue weighted by molar-refractivity contribution is 0.828. The highest BCUT2D eigenvalue weighted by atomic mass is 15.1. The van der Waals surface area contributed by atoms with Crippen molar-refractivity contribution in [3.63, 3.8) is 0 Å². The smallest absolute Gasteiger partial charge is 0.160 e. The maximum absolute atomic E-state index is 5.40. The number of aliphatic imine (C=N–C) groups is 1. The second kappa shape index (κ2) is 14.1. The summed E-state index contributed by atoms with van der Waals surface area (Å²) in [5, 5.41) is 9.49. The van der Waals surface area contributed by atoms with Crippen LogP contribution in [-0.4, -0.2) is 15.7 Å². The van der Waals surface area contributed by atoms with Crippen LogP contribution >= 0.6 is 0 Å². The SMILES string of the molecule is c1ccc(-c2ccc3cc(C4=NC(c5cccc(-c6nc(-c7ccc8cc(-c9ccccc9)ccc8c7)c7ccccc7n6)c5)Nc5ccccc54)ccc3c2)cc1. The van der Waals surface area contributed by atoms with Crippen LogP contribution < -0.4 is 5.32 Å². The van der Waals surface area contributed by atoms with Crippen molar-refractivity contribution < 1.29 is 0 Å². The average Bonchev–Trinajstić information content (AvgIpc) is 3.30. The zero-order valence-corrected chi connectivity index (χ0v) is 31.5. The van der Waals surface area contributed by atoms with Crippen molar-refractivity contribution >= 4 is 43.8 Å². The van der Waals surface area contributed by atoms with Gasteiger partial charge in [0, 0.05) is 33.3 Å². The summed E-state index contributed by atoms with van der Waals surface area (Å²) in [5.41, 5.74) is 13.9. The summed E-state index contributed by atoms with van der Waals surface area (Å²) >= 11 is 0. The highest BCUT2D eigenvalue weighted by Crippen LogP contribution is 2.36. The first-order chi connectivity index (χ1) is 28.7. The zero-order chi connectivity index (χ0) is 38.4. The number of hydrogen-bond donors (Lipinski definition) is 1. The fourth-order valence-electron chi connectivity index (χ4n) is 8.26. The van der Waals surface area contributed by atoms with Gasteiger partial charge < -0.3 is 5.32 Å². The predicted molar refractivity (Wildman–Crippen MR) is 241 cm³/mol. The molecule has 1 aliphatic heterocycles. The van der Waals surface area contributed by atoms with E-state index in [0.29, 0.717) is 5.82 Å². The van der Waals surface area contributed by atoms with E-state index < -0.39 is 0 Å². The van der Waals surface area contributed by atoms with Crippen molar-refractivity contribution in [1.82, 2.24) is 9.97 Å². The Morgan fingerprint density at radius 2 is 0.931 bits per heavy atom. The molecular weight excluding hydrogens is 705 g/mol. The van der Waals surface area contributed by atoms with Gasteiger partial charge >= 0.3 is 0 Å². The van der Waals surface area contributed by atoms with Crippen LogP contribution in [0.5, 0.6) is 0 Å². The molecule has 272 valence electrons. The molecule has 1 aromatic heterocycles. The van der Waals surface area contributed by atoms with Crippen molar-refractivity contribution in [3.05, 3.63) is 223 Å². The molecule has 4 heteroatoms. The van der Waals surface area contributed by atoms with Crippen molar-refractivity contribution in [3.8, 4) is 44.9 Å². The number of para-hydroxylation sites is 2. The number of rotatable bonds is 6. The van der Waals surface area contributed by atoms with Crippen LogP contribution in [0.3, 0.4) is 0 Å². The van der Waals surface area contributed by atoms with Crippen LogP contribution in [0, 0.1) is 0 Å². The number of hydrogen-bond acceptors (Lipinski definition) is 4. The van der Waals surface area contributed by atoms with Gasteiger partial charge in [0.25, 0.3) is 0 Å². The lowest BCUT2D eigenvalue weighted by Crippen LogP contribution is -2.20. The summed E-state index contributed by atoms with van der Waals surface area (Å²) in [6.07, 6.45) is -0.304. The van der Waals surface area contributed by atoms with E-state index in [4.69, 9.17) is 15.0 Å². The van der Waals surface area contributed by atoms with Crippen LogP contribution in [0.15, 0.2) is 211 Å².